The number of aromatic nitrogens is 3. The highest BCUT2D eigenvalue weighted by atomic mass is 32.1. The Morgan fingerprint density at radius 2 is 2.14 bits per heavy atom. The van der Waals surface area contributed by atoms with Crippen molar-refractivity contribution >= 4 is 23.1 Å². The van der Waals surface area contributed by atoms with Gasteiger partial charge in [0.25, 0.3) is 0 Å². The molecular formula is C14H19N5OS. The molecule has 2 aromatic heterocycles. The van der Waals surface area contributed by atoms with Crippen molar-refractivity contribution in [1.29, 1.82) is 0 Å². The smallest absolute Gasteiger partial charge is 0.227 e. The minimum atomic E-state index is 0.740. The summed E-state index contributed by atoms with van der Waals surface area (Å²) in [4.78, 5) is 18.9. The van der Waals surface area contributed by atoms with E-state index in [1.165, 1.54) is 4.88 Å². The fourth-order valence-corrected chi connectivity index (χ4v) is 3.11. The van der Waals surface area contributed by atoms with Crippen molar-refractivity contribution in [1.82, 2.24) is 15.0 Å². The van der Waals surface area contributed by atoms with Crippen LogP contribution in [-0.4, -0.2) is 48.3 Å². The molecule has 3 rings (SSSR count). The molecule has 0 unspecified atom stereocenters. The van der Waals surface area contributed by atoms with Crippen LogP contribution >= 0.6 is 11.3 Å². The molecule has 112 valence electrons. The summed E-state index contributed by atoms with van der Waals surface area (Å²) in [6.45, 7) is 6.01. The summed E-state index contributed by atoms with van der Waals surface area (Å²) in [5.41, 5.74) is 0. The molecule has 1 saturated heterocycles. The van der Waals surface area contributed by atoms with Gasteiger partial charge in [-0.2, -0.15) is 4.98 Å². The van der Waals surface area contributed by atoms with Crippen LogP contribution in [0.25, 0.3) is 0 Å². The third kappa shape index (κ3) is 3.48. The van der Waals surface area contributed by atoms with E-state index < -0.39 is 0 Å². The molecule has 0 spiro atoms. The van der Waals surface area contributed by atoms with Gasteiger partial charge in [-0.3, -0.25) is 0 Å². The molecule has 1 fully saturated rings. The largest absolute Gasteiger partial charge is 0.378 e. The average Bonchev–Trinajstić information content (AvgIpc) is 2.93. The van der Waals surface area contributed by atoms with Gasteiger partial charge in [0.05, 0.1) is 24.8 Å². The molecule has 0 N–H and O–H groups in total. The predicted octanol–water partition coefficient (Wildman–Crippen LogP) is 1.71. The zero-order valence-corrected chi connectivity index (χ0v) is 13.1. The van der Waals surface area contributed by atoms with Gasteiger partial charge < -0.3 is 14.5 Å². The van der Waals surface area contributed by atoms with Crippen molar-refractivity contribution in [3.05, 3.63) is 28.3 Å². The Labute approximate surface area is 128 Å². The van der Waals surface area contributed by atoms with Crippen LogP contribution in [0.3, 0.4) is 0 Å². The van der Waals surface area contributed by atoms with Crippen LogP contribution < -0.4 is 9.80 Å². The molecule has 6 nitrogen and oxygen atoms in total. The molecule has 3 heterocycles. The van der Waals surface area contributed by atoms with Gasteiger partial charge in [0.15, 0.2) is 0 Å². The molecule has 2 aromatic rings. The van der Waals surface area contributed by atoms with E-state index in [0.717, 1.165) is 49.6 Å². The molecule has 21 heavy (non-hydrogen) atoms. The molecule has 0 amide bonds. The topological polar surface area (TPSA) is 54.4 Å². The van der Waals surface area contributed by atoms with Crippen molar-refractivity contribution in [2.45, 2.75) is 13.5 Å². The second-order valence-electron chi connectivity index (χ2n) is 5.02. The van der Waals surface area contributed by atoms with Crippen LogP contribution in [0.15, 0.2) is 18.5 Å². The highest BCUT2D eigenvalue weighted by molar-refractivity contribution is 7.11. The van der Waals surface area contributed by atoms with Crippen molar-refractivity contribution in [3.63, 3.8) is 0 Å². The van der Waals surface area contributed by atoms with Gasteiger partial charge in [-0.15, -0.1) is 11.3 Å². The maximum absolute atomic E-state index is 5.37. The number of morpholine rings is 1. The SMILES string of the molecule is Cc1ncc(CN(C)c2ccnc(N3CCOCC3)n2)s1. The van der Waals surface area contributed by atoms with Crippen molar-refractivity contribution < 1.29 is 4.74 Å². The number of hydrogen-bond acceptors (Lipinski definition) is 7. The molecule has 0 atom stereocenters. The van der Waals surface area contributed by atoms with E-state index in [1.807, 2.05) is 32.4 Å². The van der Waals surface area contributed by atoms with Gasteiger partial charge in [-0.05, 0) is 13.0 Å². The first kappa shape index (κ1) is 14.2. The monoisotopic (exact) mass is 305 g/mol. The minimum absolute atomic E-state index is 0.740. The molecule has 0 aromatic carbocycles. The molecule has 0 radical (unpaired) electrons. The Morgan fingerprint density at radius 3 is 2.86 bits per heavy atom. The first-order valence-corrected chi connectivity index (χ1v) is 7.82. The normalized spacial score (nSPS) is 15.2. The van der Waals surface area contributed by atoms with Crippen LogP contribution in [-0.2, 0) is 11.3 Å². The van der Waals surface area contributed by atoms with E-state index in [9.17, 15) is 0 Å². The lowest BCUT2D eigenvalue weighted by atomic mass is 10.4. The molecular weight excluding hydrogens is 286 g/mol. The Morgan fingerprint density at radius 1 is 1.33 bits per heavy atom. The van der Waals surface area contributed by atoms with Crippen LogP contribution in [0.2, 0.25) is 0 Å². The number of hydrogen-bond donors (Lipinski definition) is 0. The third-order valence-electron chi connectivity index (χ3n) is 3.38. The van der Waals surface area contributed by atoms with Crippen molar-refractivity contribution in [2.75, 3.05) is 43.2 Å². The van der Waals surface area contributed by atoms with E-state index in [4.69, 9.17) is 4.74 Å². The summed E-state index contributed by atoms with van der Waals surface area (Å²) in [5, 5.41) is 1.09. The standard InChI is InChI=1S/C14H19N5OS/c1-11-16-9-12(21-11)10-18(2)13-3-4-15-14(17-13)19-5-7-20-8-6-19/h3-4,9H,5-8,10H2,1-2H3. The third-order valence-corrected chi connectivity index (χ3v) is 4.27. The number of thiazole rings is 1. The fourth-order valence-electron chi connectivity index (χ4n) is 2.26. The predicted molar refractivity (Wildman–Crippen MR) is 84.0 cm³/mol. The summed E-state index contributed by atoms with van der Waals surface area (Å²) in [6, 6.07) is 1.94. The van der Waals surface area contributed by atoms with Crippen molar-refractivity contribution in [2.24, 2.45) is 0 Å². The highest BCUT2D eigenvalue weighted by Crippen LogP contribution is 2.19. The number of ether oxygens (including phenoxy) is 1. The molecule has 7 heteroatoms. The number of rotatable bonds is 4. The van der Waals surface area contributed by atoms with Crippen molar-refractivity contribution in [3.8, 4) is 0 Å². The van der Waals surface area contributed by atoms with Gasteiger partial charge in [0.1, 0.15) is 5.82 Å². The van der Waals surface area contributed by atoms with E-state index in [2.05, 4.69) is 24.8 Å². The molecule has 0 aliphatic carbocycles. The molecule has 0 bridgehead atoms. The van der Waals surface area contributed by atoms with Gasteiger partial charge in [0, 0.05) is 37.4 Å². The summed E-state index contributed by atoms with van der Waals surface area (Å²) in [6.07, 6.45) is 3.75. The first-order chi connectivity index (χ1) is 10.2. The number of aryl methyl sites for hydroxylation is 1. The zero-order chi connectivity index (χ0) is 14.7. The first-order valence-electron chi connectivity index (χ1n) is 7.00. The average molecular weight is 305 g/mol. The van der Waals surface area contributed by atoms with Crippen LogP contribution in [0, 0.1) is 6.92 Å². The summed E-state index contributed by atoms with van der Waals surface area (Å²) in [7, 11) is 2.04. The van der Waals surface area contributed by atoms with E-state index in [0.29, 0.717) is 0 Å². The summed E-state index contributed by atoms with van der Waals surface area (Å²) < 4.78 is 5.37. The maximum Gasteiger partial charge on any atom is 0.227 e. The maximum atomic E-state index is 5.37. The van der Waals surface area contributed by atoms with Gasteiger partial charge >= 0.3 is 0 Å². The van der Waals surface area contributed by atoms with Gasteiger partial charge in [0.2, 0.25) is 5.95 Å². The lowest BCUT2D eigenvalue weighted by Gasteiger charge is -2.27. The van der Waals surface area contributed by atoms with Gasteiger partial charge in [-0.25, -0.2) is 9.97 Å². The lowest BCUT2D eigenvalue weighted by Crippen LogP contribution is -2.37. The Bertz CT molecular complexity index is 597. The quantitative estimate of drug-likeness (QED) is 0.857. The van der Waals surface area contributed by atoms with Crippen LogP contribution in [0.1, 0.15) is 9.88 Å². The molecule has 0 saturated carbocycles. The Kier molecular flexibility index (Phi) is 4.31. The van der Waals surface area contributed by atoms with Crippen LogP contribution in [0.4, 0.5) is 11.8 Å². The molecule has 1 aliphatic heterocycles. The second kappa shape index (κ2) is 6.36. The lowest BCUT2D eigenvalue weighted by molar-refractivity contribution is 0.122. The number of anilines is 2. The summed E-state index contributed by atoms with van der Waals surface area (Å²) in [5.74, 6) is 1.71. The number of nitrogens with zero attached hydrogens (tertiary/aromatic N) is 5. The van der Waals surface area contributed by atoms with E-state index in [-0.39, 0.29) is 0 Å². The Hall–Kier alpha value is -1.73. The summed E-state index contributed by atoms with van der Waals surface area (Å²) >= 11 is 1.72. The zero-order valence-electron chi connectivity index (χ0n) is 12.3. The second-order valence-corrected chi connectivity index (χ2v) is 6.34. The fraction of sp³-hybridized carbons (Fsp3) is 0.500. The Balaban J connectivity index is 1.72. The molecule has 1 aliphatic rings. The van der Waals surface area contributed by atoms with E-state index >= 15 is 0 Å². The van der Waals surface area contributed by atoms with E-state index in [1.54, 1.807) is 11.3 Å². The van der Waals surface area contributed by atoms with Gasteiger partial charge in [-0.1, -0.05) is 0 Å². The minimum Gasteiger partial charge on any atom is -0.378 e. The van der Waals surface area contributed by atoms with Crippen LogP contribution in [0.5, 0.6) is 0 Å². The highest BCUT2D eigenvalue weighted by Gasteiger charge is 2.15.